The van der Waals surface area contributed by atoms with Crippen molar-refractivity contribution in [1.29, 1.82) is 0 Å². The number of rotatable bonds is 7. The first-order valence-electron chi connectivity index (χ1n) is 5.32. The molecule has 0 fully saturated rings. The summed E-state index contributed by atoms with van der Waals surface area (Å²) in [6, 6.07) is 0.00957. The van der Waals surface area contributed by atoms with Gasteiger partial charge in [0, 0.05) is 18.5 Å². The van der Waals surface area contributed by atoms with Crippen LogP contribution in [0.4, 0.5) is 13.2 Å². The summed E-state index contributed by atoms with van der Waals surface area (Å²) in [4.78, 5) is 0. The van der Waals surface area contributed by atoms with Crippen molar-refractivity contribution in [3.63, 3.8) is 0 Å². The van der Waals surface area contributed by atoms with E-state index in [1.807, 2.05) is 13.8 Å². The van der Waals surface area contributed by atoms with Crippen molar-refractivity contribution in [1.82, 2.24) is 5.32 Å². The van der Waals surface area contributed by atoms with Crippen LogP contribution in [-0.2, 0) is 0 Å². The molecule has 0 spiro atoms. The van der Waals surface area contributed by atoms with E-state index < -0.39 is 12.6 Å². The minimum absolute atomic E-state index is 0.00844. The van der Waals surface area contributed by atoms with Gasteiger partial charge in [0.2, 0.25) is 0 Å². The second-order valence-electron chi connectivity index (χ2n) is 3.86. The van der Waals surface area contributed by atoms with E-state index >= 15 is 0 Å². The van der Waals surface area contributed by atoms with Crippen LogP contribution in [0.1, 0.15) is 39.5 Å². The molecule has 5 heteroatoms. The largest absolute Gasteiger partial charge is 0.395 e. The fourth-order valence-corrected chi connectivity index (χ4v) is 1.39. The molecule has 0 aliphatic heterocycles. The monoisotopic (exact) mass is 227 g/mol. The average molecular weight is 227 g/mol. The van der Waals surface area contributed by atoms with Crippen LogP contribution in [0.3, 0.4) is 0 Å². The minimum atomic E-state index is -4.05. The van der Waals surface area contributed by atoms with Crippen molar-refractivity contribution < 1.29 is 18.3 Å². The highest BCUT2D eigenvalue weighted by atomic mass is 19.4. The van der Waals surface area contributed by atoms with Crippen molar-refractivity contribution >= 4 is 0 Å². The molecule has 2 atom stereocenters. The molecular weight excluding hydrogens is 207 g/mol. The lowest BCUT2D eigenvalue weighted by Gasteiger charge is -2.20. The SMILES string of the molecule is CCC(CO)NC(C)CCCC(F)(F)F. The first-order chi connectivity index (χ1) is 6.89. The van der Waals surface area contributed by atoms with Crippen LogP contribution in [-0.4, -0.2) is 30.0 Å². The number of hydrogen-bond donors (Lipinski definition) is 2. The lowest BCUT2D eigenvalue weighted by atomic mass is 10.1. The van der Waals surface area contributed by atoms with E-state index in [0.29, 0.717) is 6.42 Å². The predicted octanol–water partition coefficient (Wildman–Crippen LogP) is 2.47. The smallest absolute Gasteiger partial charge is 0.389 e. The zero-order valence-electron chi connectivity index (χ0n) is 9.27. The van der Waals surface area contributed by atoms with Gasteiger partial charge in [0.25, 0.3) is 0 Å². The van der Waals surface area contributed by atoms with E-state index in [0.717, 1.165) is 6.42 Å². The van der Waals surface area contributed by atoms with Crippen LogP contribution in [0.15, 0.2) is 0 Å². The molecule has 15 heavy (non-hydrogen) atoms. The molecule has 0 aromatic rings. The van der Waals surface area contributed by atoms with Crippen molar-refractivity contribution in [2.75, 3.05) is 6.61 Å². The summed E-state index contributed by atoms with van der Waals surface area (Å²) >= 11 is 0. The molecule has 2 unspecified atom stereocenters. The van der Waals surface area contributed by atoms with Crippen LogP contribution < -0.4 is 5.32 Å². The highest BCUT2D eigenvalue weighted by Crippen LogP contribution is 2.22. The van der Waals surface area contributed by atoms with Crippen molar-refractivity contribution in [3.8, 4) is 0 Å². The normalized spacial score (nSPS) is 16.4. The molecule has 0 aromatic heterocycles. The zero-order valence-corrected chi connectivity index (χ0v) is 9.27. The van der Waals surface area contributed by atoms with Crippen LogP contribution in [0.5, 0.6) is 0 Å². The van der Waals surface area contributed by atoms with Gasteiger partial charge in [0.05, 0.1) is 6.61 Å². The molecule has 0 saturated carbocycles. The van der Waals surface area contributed by atoms with Crippen LogP contribution >= 0.6 is 0 Å². The van der Waals surface area contributed by atoms with Gasteiger partial charge in [-0.05, 0) is 26.2 Å². The maximum atomic E-state index is 11.8. The molecule has 2 nitrogen and oxygen atoms in total. The maximum Gasteiger partial charge on any atom is 0.389 e. The Balaban J connectivity index is 3.61. The lowest BCUT2D eigenvalue weighted by Crippen LogP contribution is -2.38. The van der Waals surface area contributed by atoms with Crippen molar-refractivity contribution in [3.05, 3.63) is 0 Å². The van der Waals surface area contributed by atoms with E-state index in [1.54, 1.807) is 0 Å². The Labute approximate surface area is 88.9 Å². The van der Waals surface area contributed by atoms with E-state index in [-0.39, 0.29) is 25.1 Å². The molecule has 0 rings (SSSR count). The predicted molar refractivity (Wildman–Crippen MR) is 53.7 cm³/mol. The highest BCUT2D eigenvalue weighted by Gasteiger charge is 2.26. The molecule has 2 N–H and O–H groups in total. The number of halogens is 3. The van der Waals surface area contributed by atoms with Crippen LogP contribution in [0.2, 0.25) is 0 Å². The molecule has 0 bridgehead atoms. The van der Waals surface area contributed by atoms with E-state index in [4.69, 9.17) is 5.11 Å². The van der Waals surface area contributed by atoms with Gasteiger partial charge in [-0.2, -0.15) is 13.2 Å². The molecular formula is C10H20F3NO. The van der Waals surface area contributed by atoms with Gasteiger partial charge in [0.15, 0.2) is 0 Å². The van der Waals surface area contributed by atoms with E-state index in [9.17, 15) is 13.2 Å². The minimum Gasteiger partial charge on any atom is -0.395 e. The second-order valence-corrected chi connectivity index (χ2v) is 3.86. The Morgan fingerprint density at radius 3 is 2.33 bits per heavy atom. The maximum absolute atomic E-state index is 11.8. The van der Waals surface area contributed by atoms with E-state index in [1.165, 1.54) is 0 Å². The van der Waals surface area contributed by atoms with Gasteiger partial charge in [0.1, 0.15) is 0 Å². The van der Waals surface area contributed by atoms with Crippen LogP contribution in [0.25, 0.3) is 0 Å². The molecule has 0 saturated heterocycles. The molecule has 0 amide bonds. The average Bonchev–Trinajstić information content (AvgIpc) is 2.12. The Morgan fingerprint density at radius 1 is 1.33 bits per heavy atom. The van der Waals surface area contributed by atoms with Gasteiger partial charge in [-0.25, -0.2) is 0 Å². The quantitative estimate of drug-likeness (QED) is 0.700. The first-order valence-corrected chi connectivity index (χ1v) is 5.32. The molecule has 0 aliphatic carbocycles. The van der Waals surface area contributed by atoms with Gasteiger partial charge < -0.3 is 10.4 Å². The summed E-state index contributed by atoms with van der Waals surface area (Å²) < 4.78 is 35.5. The summed E-state index contributed by atoms with van der Waals surface area (Å²) in [6.45, 7) is 3.80. The van der Waals surface area contributed by atoms with Crippen molar-refractivity contribution in [2.24, 2.45) is 0 Å². The lowest BCUT2D eigenvalue weighted by molar-refractivity contribution is -0.135. The standard InChI is InChI=1S/C10H20F3NO/c1-3-9(7-15)14-8(2)5-4-6-10(11,12)13/h8-9,14-15H,3-7H2,1-2H3. The van der Waals surface area contributed by atoms with Crippen molar-refractivity contribution in [2.45, 2.75) is 57.8 Å². The topological polar surface area (TPSA) is 32.3 Å². The van der Waals surface area contributed by atoms with E-state index in [2.05, 4.69) is 5.32 Å². The summed E-state index contributed by atoms with van der Waals surface area (Å²) in [7, 11) is 0. The number of aliphatic hydroxyl groups excluding tert-OH is 1. The fraction of sp³-hybridized carbons (Fsp3) is 1.00. The molecule has 0 radical (unpaired) electrons. The second kappa shape index (κ2) is 7.06. The Kier molecular flexibility index (Phi) is 6.92. The Bertz CT molecular complexity index is 157. The Hall–Kier alpha value is -0.290. The summed E-state index contributed by atoms with van der Waals surface area (Å²) in [5.41, 5.74) is 0. The first kappa shape index (κ1) is 14.7. The summed E-state index contributed by atoms with van der Waals surface area (Å²) in [5, 5.41) is 12.0. The molecule has 0 aromatic carbocycles. The summed E-state index contributed by atoms with van der Waals surface area (Å²) in [6.07, 6.45) is -3.38. The molecule has 92 valence electrons. The number of aliphatic hydroxyl groups is 1. The fourth-order valence-electron chi connectivity index (χ4n) is 1.39. The number of hydrogen-bond acceptors (Lipinski definition) is 2. The van der Waals surface area contributed by atoms with Gasteiger partial charge in [-0.15, -0.1) is 0 Å². The number of nitrogens with one attached hydrogen (secondary N) is 1. The summed E-state index contributed by atoms with van der Waals surface area (Å²) in [5.74, 6) is 0. The van der Waals surface area contributed by atoms with Gasteiger partial charge in [-0.1, -0.05) is 6.92 Å². The van der Waals surface area contributed by atoms with Gasteiger partial charge >= 0.3 is 6.18 Å². The Morgan fingerprint density at radius 2 is 1.93 bits per heavy atom. The molecule has 0 aliphatic rings. The van der Waals surface area contributed by atoms with Crippen LogP contribution in [0, 0.1) is 0 Å². The number of alkyl halides is 3. The highest BCUT2D eigenvalue weighted by molar-refractivity contribution is 4.69. The third-order valence-corrected chi connectivity index (χ3v) is 2.33. The molecule has 0 heterocycles. The third kappa shape index (κ3) is 8.69. The zero-order chi connectivity index (χ0) is 11.9. The third-order valence-electron chi connectivity index (χ3n) is 2.33. The van der Waals surface area contributed by atoms with Gasteiger partial charge in [-0.3, -0.25) is 0 Å².